The van der Waals surface area contributed by atoms with E-state index >= 15 is 0 Å². The van der Waals surface area contributed by atoms with Gasteiger partial charge in [0.25, 0.3) is 0 Å². The number of ether oxygens (including phenoxy) is 4. The first kappa shape index (κ1) is 26.3. The van der Waals surface area contributed by atoms with Gasteiger partial charge in [0.1, 0.15) is 5.60 Å². The van der Waals surface area contributed by atoms with Gasteiger partial charge in [-0.3, -0.25) is 0 Å². The first-order valence-electron chi connectivity index (χ1n) is 12.7. The number of benzene rings is 1. The molecule has 3 saturated heterocycles. The van der Waals surface area contributed by atoms with Gasteiger partial charge in [0.15, 0.2) is 14.6 Å². The van der Waals surface area contributed by atoms with Crippen LogP contribution in [0.5, 0.6) is 0 Å². The van der Waals surface area contributed by atoms with Crippen molar-refractivity contribution in [2.24, 2.45) is 0 Å². The molecule has 4 rings (SSSR count). The molecule has 0 saturated carbocycles. The maximum absolute atomic E-state index is 9.91. The molecule has 6 nitrogen and oxygen atoms in total. The summed E-state index contributed by atoms with van der Waals surface area (Å²) in [4.78, 5) is 0. The van der Waals surface area contributed by atoms with Gasteiger partial charge in [-0.05, 0) is 38.9 Å². The summed E-state index contributed by atoms with van der Waals surface area (Å²) in [7, 11) is -2.07. The Labute approximate surface area is 206 Å². The zero-order valence-corrected chi connectivity index (χ0v) is 23.2. The monoisotopic (exact) mass is 492 g/mol. The molecule has 0 spiro atoms. The minimum atomic E-state index is -2.07. The number of fused-ring (bicyclic) bond motifs is 2. The van der Waals surface area contributed by atoms with E-state index in [9.17, 15) is 5.11 Å². The molecule has 7 heteroatoms. The van der Waals surface area contributed by atoms with E-state index in [0.29, 0.717) is 25.9 Å². The van der Waals surface area contributed by atoms with Crippen LogP contribution in [0.25, 0.3) is 0 Å². The Morgan fingerprint density at radius 2 is 1.74 bits per heavy atom. The summed E-state index contributed by atoms with van der Waals surface area (Å²) in [5.41, 5.74) is -0.670. The zero-order chi connectivity index (χ0) is 25.0. The summed E-state index contributed by atoms with van der Waals surface area (Å²) in [6.45, 7) is 18.1. The Bertz CT molecular complexity index is 856. The van der Waals surface area contributed by atoms with E-state index < -0.39 is 31.4 Å². The van der Waals surface area contributed by atoms with Gasteiger partial charge in [0.2, 0.25) is 0 Å². The van der Waals surface area contributed by atoms with Crippen molar-refractivity contribution in [2.45, 2.75) is 120 Å². The van der Waals surface area contributed by atoms with Gasteiger partial charge in [0.05, 0.1) is 36.1 Å². The topological polar surface area (TPSA) is 66.4 Å². The van der Waals surface area contributed by atoms with Gasteiger partial charge in [-0.1, -0.05) is 51.1 Å². The summed E-state index contributed by atoms with van der Waals surface area (Å²) < 4.78 is 33.2. The third kappa shape index (κ3) is 4.77. The van der Waals surface area contributed by atoms with Crippen LogP contribution < -0.4 is 0 Å². The van der Waals surface area contributed by atoms with E-state index in [4.69, 9.17) is 23.4 Å². The van der Waals surface area contributed by atoms with Crippen molar-refractivity contribution < 1.29 is 28.5 Å². The van der Waals surface area contributed by atoms with Crippen molar-refractivity contribution >= 4 is 8.32 Å². The van der Waals surface area contributed by atoms with Gasteiger partial charge in [-0.2, -0.15) is 0 Å². The summed E-state index contributed by atoms with van der Waals surface area (Å²) in [5, 5.41) is 9.99. The summed E-state index contributed by atoms with van der Waals surface area (Å²) >= 11 is 0. The molecule has 1 aromatic rings. The SMILES string of the molecule is CC(C)(C)[Si](C)(C)O[C@@H]1C[C@]2(C)O[C@]3(C)CO[C@@H](c4ccccc4)O[C@H]3C[C@H]2O[C@@]1(C)CCO. The molecule has 0 aliphatic carbocycles. The maximum atomic E-state index is 9.91. The van der Waals surface area contributed by atoms with Crippen LogP contribution in [0.3, 0.4) is 0 Å². The normalized spacial score (nSPS) is 41.0. The van der Waals surface area contributed by atoms with Gasteiger partial charge in [0, 0.05) is 31.4 Å². The van der Waals surface area contributed by atoms with Crippen molar-refractivity contribution in [1.82, 2.24) is 0 Å². The molecule has 0 unspecified atom stereocenters. The van der Waals surface area contributed by atoms with Crippen LogP contribution in [0.1, 0.15) is 72.7 Å². The lowest BCUT2D eigenvalue weighted by Crippen LogP contribution is -2.71. The fourth-order valence-corrected chi connectivity index (χ4v) is 6.76. The fourth-order valence-electron chi connectivity index (χ4n) is 5.37. The van der Waals surface area contributed by atoms with Crippen LogP contribution in [0, 0.1) is 0 Å². The summed E-state index contributed by atoms with van der Waals surface area (Å²) in [6.07, 6.45) is 1.08. The second kappa shape index (κ2) is 8.94. The van der Waals surface area contributed by atoms with E-state index in [1.807, 2.05) is 30.3 Å². The molecular formula is C27H44O6Si. The van der Waals surface area contributed by atoms with E-state index in [0.717, 1.165) is 5.56 Å². The third-order valence-corrected chi connectivity index (χ3v) is 13.2. The van der Waals surface area contributed by atoms with Crippen LogP contribution in [0.2, 0.25) is 18.1 Å². The number of rotatable bonds is 5. The summed E-state index contributed by atoms with van der Waals surface area (Å²) in [6, 6.07) is 10.0. The molecule has 3 fully saturated rings. The van der Waals surface area contributed by atoms with Crippen LogP contribution in [-0.2, 0) is 23.4 Å². The van der Waals surface area contributed by atoms with E-state index in [1.54, 1.807) is 0 Å². The second-order valence-electron chi connectivity index (χ2n) is 12.6. The molecule has 3 aliphatic rings. The highest BCUT2D eigenvalue weighted by Gasteiger charge is 2.62. The Kier molecular flexibility index (Phi) is 6.91. The molecule has 0 radical (unpaired) electrons. The smallest absolute Gasteiger partial charge is 0.192 e. The minimum Gasteiger partial charge on any atom is -0.411 e. The average molecular weight is 493 g/mol. The Morgan fingerprint density at radius 3 is 2.35 bits per heavy atom. The van der Waals surface area contributed by atoms with Crippen LogP contribution >= 0.6 is 0 Å². The largest absolute Gasteiger partial charge is 0.411 e. The Balaban J connectivity index is 1.58. The van der Waals surface area contributed by atoms with Gasteiger partial charge in [-0.15, -0.1) is 0 Å². The molecule has 3 heterocycles. The molecule has 192 valence electrons. The number of hydrogen-bond acceptors (Lipinski definition) is 6. The van der Waals surface area contributed by atoms with E-state index in [-0.39, 0.29) is 30.0 Å². The number of aliphatic hydroxyl groups is 1. The molecule has 34 heavy (non-hydrogen) atoms. The number of hydrogen-bond donors (Lipinski definition) is 1. The summed E-state index contributed by atoms with van der Waals surface area (Å²) in [5.74, 6) is 0. The van der Waals surface area contributed by atoms with Crippen LogP contribution in [0.15, 0.2) is 30.3 Å². The molecular weight excluding hydrogens is 448 g/mol. The molecule has 7 atom stereocenters. The first-order chi connectivity index (χ1) is 15.7. The lowest BCUT2D eigenvalue weighted by Gasteiger charge is -2.61. The highest BCUT2D eigenvalue weighted by atomic mass is 28.4. The lowest BCUT2D eigenvalue weighted by molar-refractivity contribution is -0.385. The molecule has 0 aromatic heterocycles. The highest BCUT2D eigenvalue weighted by molar-refractivity contribution is 6.74. The van der Waals surface area contributed by atoms with Crippen molar-refractivity contribution in [2.75, 3.05) is 13.2 Å². The predicted octanol–water partition coefficient (Wildman–Crippen LogP) is 5.36. The van der Waals surface area contributed by atoms with Gasteiger partial charge in [-0.25, -0.2) is 0 Å². The lowest BCUT2D eigenvalue weighted by atomic mass is 9.73. The molecule has 0 bridgehead atoms. The Morgan fingerprint density at radius 1 is 1.06 bits per heavy atom. The van der Waals surface area contributed by atoms with Crippen LogP contribution in [0.4, 0.5) is 0 Å². The van der Waals surface area contributed by atoms with Crippen LogP contribution in [-0.4, -0.2) is 61.8 Å². The molecule has 1 aromatic carbocycles. The molecule has 3 aliphatic heterocycles. The van der Waals surface area contributed by atoms with Crippen molar-refractivity contribution in [1.29, 1.82) is 0 Å². The van der Waals surface area contributed by atoms with Crippen molar-refractivity contribution in [3.05, 3.63) is 35.9 Å². The van der Waals surface area contributed by atoms with E-state index in [2.05, 4.69) is 54.6 Å². The average Bonchev–Trinajstić information content (AvgIpc) is 2.73. The van der Waals surface area contributed by atoms with Gasteiger partial charge < -0.3 is 28.5 Å². The highest BCUT2D eigenvalue weighted by Crippen LogP contribution is 2.52. The zero-order valence-electron chi connectivity index (χ0n) is 22.2. The third-order valence-electron chi connectivity index (χ3n) is 8.67. The molecule has 0 amide bonds. The first-order valence-corrected chi connectivity index (χ1v) is 15.6. The maximum Gasteiger partial charge on any atom is 0.192 e. The van der Waals surface area contributed by atoms with E-state index in [1.165, 1.54) is 0 Å². The fraction of sp³-hybridized carbons (Fsp3) is 0.778. The minimum absolute atomic E-state index is 0.0553. The Hall–Kier alpha value is -0.803. The number of aliphatic hydroxyl groups excluding tert-OH is 1. The predicted molar refractivity (Wildman–Crippen MR) is 134 cm³/mol. The standard InChI is InChI=1S/C27H44O6Si/c1-24(2,3)34(7,8)32-22-17-26(5)21(31-25(22,4)14-15-28)16-20-27(6,33-26)18-29-23(30-20)19-12-10-9-11-13-19/h9-13,20-23,28H,14-18H2,1-8H3/t20-,21+,22+,23+,25-,26-,27+/m0/s1. The quantitative estimate of drug-likeness (QED) is 0.558. The second-order valence-corrected chi connectivity index (χ2v) is 17.4. The molecule has 1 N–H and O–H groups in total. The van der Waals surface area contributed by atoms with Gasteiger partial charge >= 0.3 is 0 Å². The van der Waals surface area contributed by atoms with Crippen molar-refractivity contribution in [3.63, 3.8) is 0 Å². The van der Waals surface area contributed by atoms with Crippen molar-refractivity contribution in [3.8, 4) is 0 Å².